The highest BCUT2D eigenvalue weighted by Gasteiger charge is 2.16. The van der Waals surface area contributed by atoms with E-state index in [9.17, 15) is 0 Å². The molecule has 0 amide bonds. The van der Waals surface area contributed by atoms with Gasteiger partial charge < -0.3 is 9.09 Å². The van der Waals surface area contributed by atoms with Crippen molar-refractivity contribution in [3.63, 3.8) is 0 Å². The Morgan fingerprint density at radius 2 is 2.41 bits per heavy atom. The topological polar surface area (TPSA) is 80.5 Å². The van der Waals surface area contributed by atoms with E-state index in [1.54, 1.807) is 12.5 Å². The van der Waals surface area contributed by atoms with Crippen molar-refractivity contribution in [3.05, 3.63) is 18.4 Å². The fourth-order valence-corrected chi connectivity index (χ4v) is 1.52. The van der Waals surface area contributed by atoms with Gasteiger partial charge in [0.1, 0.15) is 5.69 Å². The highest BCUT2D eigenvalue weighted by atomic mass is 16.5. The normalized spacial score (nSPS) is 12.3. The molecule has 1 unspecified atom stereocenters. The molecular weight excluding hydrogens is 218 g/mol. The largest absolute Gasteiger partial charge is 0.339 e. The molecule has 17 heavy (non-hydrogen) atoms. The smallest absolute Gasteiger partial charge is 0.229 e. The molecule has 0 aliphatic rings. The third-order valence-corrected chi connectivity index (χ3v) is 2.60. The molecule has 0 aromatic carbocycles. The second kappa shape index (κ2) is 4.78. The summed E-state index contributed by atoms with van der Waals surface area (Å²) in [6.45, 7) is 1.97. The molecule has 0 radical (unpaired) electrons. The molecule has 2 heterocycles. The van der Waals surface area contributed by atoms with Crippen LogP contribution in [0, 0.1) is 11.3 Å². The molecule has 2 rings (SSSR count). The lowest BCUT2D eigenvalue weighted by Crippen LogP contribution is -1.94. The van der Waals surface area contributed by atoms with E-state index < -0.39 is 0 Å². The molecule has 6 heteroatoms. The first-order valence-corrected chi connectivity index (χ1v) is 5.39. The lowest BCUT2D eigenvalue weighted by atomic mass is 10.1. The molecule has 0 bridgehead atoms. The van der Waals surface area contributed by atoms with Gasteiger partial charge in [-0.3, -0.25) is 0 Å². The zero-order chi connectivity index (χ0) is 12.3. The van der Waals surface area contributed by atoms with Gasteiger partial charge in [-0.2, -0.15) is 10.2 Å². The van der Waals surface area contributed by atoms with Gasteiger partial charge in [-0.1, -0.05) is 12.1 Å². The second-order valence-corrected chi connectivity index (χ2v) is 3.94. The summed E-state index contributed by atoms with van der Waals surface area (Å²) in [4.78, 5) is 8.32. The van der Waals surface area contributed by atoms with Gasteiger partial charge in [-0.15, -0.1) is 0 Å². The minimum Gasteiger partial charge on any atom is -0.339 e. The summed E-state index contributed by atoms with van der Waals surface area (Å²) < 4.78 is 7.02. The van der Waals surface area contributed by atoms with Crippen LogP contribution >= 0.6 is 0 Å². The summed E-state index contributed by atoms with van der Waals surface area (Å²) in [6, 6.07) is 2.11. The van der Waals surface area contributed by atoms with E-state index in [0.29, 0.717) is 18.1 Å². The summed E-state index contributed by atoms with van der Waals surface area (Å²) >= 11 is 0. The number of imidazole rings is 1. The number of aromatic nitrogens is 4. The lowest BCUT2D eigenvalue weighted by Gasteiger charge is -2.00. The Morgan fingerprint density at radius 1 is 1.59 bits per heavy atom. The molecule has 0 saturated carbocycles. The molecule has 2 aromatic heterocycles. The van der Waals surface area contributed by atoms with E-state index in [1.165, 1.54) is 0 Å². The minimum atomic E-state index is 0.101. The van der Waals surface area contributed by atoms with Crippen LogP contribution in [0.15, 0.2) is 17.0 Å². The Balaban J connectivity index is 2.17. The number of aryl methyl sites for hydroxylation is 1. The third-order valence-electron chi connectivity index (χ3n) is 2.60. The maximum Gasteiger partial charge on any atom is 0.229 e. The predicted molar refractivity (Wildman–Crippen MR) is 59.8 cm³/mol. The van der Waals surface area contributed by atoms with E-state index >= 15 is 0 Å². The van der Waals surface area contributed by atoms with Crippen molar-refractivity contribution in [1.82, 2.24) is 19.7 Å². The number of nitriles is 1. The lowest BCUT2D eigenvalue weighted by molar-refractivity contribution is 0.354. The van der Waals surface area contributed by atoms with E-state index in [-0.39, 0.29) is 5.92 Å². The zero-order valence-electron chi connectivity index (χ0n) is 9.79. The molecule has 0 aliphatic carbocycles. The zero-order valence-corrected chi connectivity index (χ0v) is 9.79. The summed E-state index contributed by atoms with van der Waals surface area (Å²) in [6.07, 6.45) is 4.59. The van der Waals surface area contributed by atoms with E-state index in [0.717, 1.165) is 12.1 Å². The van der Waals surface area contributed by atoms with Crippen molar-refractivity contribution in [3.8, 4) is 17.6 Å². The van der Waals surface area contributed by atoms with Gasteiger partial charge >= 0.3 is 0 Å². The Morgan fingerprint density at radius 3 is 3.06 bits per heavy atom. The molecule has 0 aliphatic heterocycles. The first-order valence-electron chi connectivity index (χ1n) is 5.39. The van der Waals surface area contributed by atoms with E-state index in [2.05, 4.69) is 21.2 Å². The van der Waals surface area contributed by atoms with E-state index in [1.807, 2.05) is 18.5 Å². The molecule has 0 saturated heterocycles. The van der Waals surface area contributed by atoms with Gasteiger partial charge in [0, 0.05) is 19.4 Å². The molecule has 0 N–H and O–H groups in total. The highest BCUT2D eigenvalue weighted by Crippen LogP contribution is 2.21. The van der Waals surface area contributed by atoms with Gasteiger partial charge in [0.25, 0.3) is 0 Å². The molecular formula is C11H13N5O. The molecule has 0 fully saturated rings. The van der Waals surface area contributed by atoms with Gasteiger partial charge in [0.05, 0.1) is 18.6 Å². The fourth-order valence-electron chi connectivity index (χ4n) is 1.52. The quantitative estimate of drug-likeness (QED) is 0.802. The van der Waals surface area contributed by atoms with Crippen molar-refractivity contribution < 1.29 is 4.52 Å². The molecule has 0 spiro atoms. The van der Waals surface area contributed by atoms with Crippen LogP contribution in [0.3, 0.4) is 0 Å². The number of hydrogen-bond acceptors (Lipinski definition) is 5. The first kappa shape index (κ1) is 11.3. The SMILES string of the molecule is CC(CCC#N)c1nc(-c2cncn2C)no1. The van der Waals surface area contributed by atoms with Gasteiger partial charge in [-0.05, 0) is 6.42 Å². The van der Waals surface area contributed by atoms with E-state index in [4.69, 9.17) is 9.78 Å². The number of hydrogen-bond donors (Lipinski definition) is 0. The van der Waals surface area contributed by atoms with Crippen LogP contribution in [0.5, 0.6) is 0 Å². The average Bonchev–Trinajstić information content (AvgIpc) is 2.93. The van der Waals surface area contributed by atoms with Crippen molar-refractivity contribution >= 4 is 0 Å². The average molecular weight is 231 g/mol. The third kappa shape index (κ3) is 2.33. The van der Waals surface area contributed by atoms with Crippen molar-refractivity contribution in [2.45, 2.75) is 25.7 Å². The van der Waals surface area contributed by atoms with Crippen molar-refractivity contribution in [1.29, 1.82) is 5.26 Å². The maximum absolute atomic E-state index is 8.53. The maximum atomic E-state index is 8.53. The Kier molecular flexibility index (Phi) is 3.19. The predicted octanol–water partition coefficient (Wildman–Crippen LogP) is 1.88. The van der Waals surface area contributed by atoms with Gasteiger partial charge in [0.15, 0.2) is 0 Å². The highest BCUT2D eigenvalue weighted by molar-refractivity contribution is 5.47. The van der Waals surface area contributed by atoms with Crippen LogP contribution in [-0.4, -0.2) is 19.7 Å². The van der Waals surface area contributed by atoms with Crippen LogP contribution in [0.2, 0.25) is 0 Å². The van der Waals surface area contributed by atoms with Crippen LogP contribution in [0.1, 0.15) is 31.6 Å². The van der Waals surface area contributed by atoms with Crippen LogP contribution in [0.4, 0.5) is 0 Å². The van der Waals surface area contributed by atoms with Crippen molar-refractivity contribution in [2.24, 2.45) is 7.05 Å². The number of nitrogens with zero attached hydrogens (tertiary/aromatic N) is 5. The molecule has 88 valence electrons. The molecule has 6 nitrogen and oxygen atoms in total. The van der Waals surface area contributed by atoms with Gasteiger partial charge in [0.2, 0.25) is 11.7 Å². The Labute approximate surface area is 98.9 Å². The standard InChI is InChI=1S/C11H13N5O/c1-8(4-3-5-12)11-14-10(15-17-11)9-6-13-7-16(9)2/h6-8H,3-4H2,1-2H3. The Bertz CT molecular complexity index is 536. The molecule has 2 aromatic rings. The summed E-state index contributed by atoms with van der Waals surface area (Å²) in [5, 5.41) is 12.4. The first-order chi connectivity index (χ1) is 8.22. The second-order valence-electron chi connectivity index (χ2n) is 3.94. The Hall–Kier alpha value is -2.16. The summed E-state index contributed by atoms with van der Waals surface area (Å²) in [5.74, 6) is 1.20. The number of rotatable bonds is 4. The van der Waals surface area contributed by atoms with Crippen LogP contribution in [-0.2, 0) is 7.05 Å². The molecule has 1 atom stereocenters. The summed E-state index contributed by atoms with van der Waals surface area (Å²) in [5.41, 5.74) is 0.812. The monoisotopic (exact) mass is 231 g/mol. The summed E-state index contributed by atoms with van der Waals surface area (Å²) in [7, 11) is 1.87. The van der Waals surface area contributed by atoms with Crippen molar-refractivity contribution in [2.75, 3.05) is 0 Å². The van der Waals surface area contributed by atoms with Crippen LogP contribution in [0.25, 0.3) is 11.5 Å². The fraction of sp³-hybridized carbons (Fsp3) is 0.455. The van der Waals surface area contributed by atoms with Gasteiger partial charge in [-0.25, -0.2) is 4.98 Å². The van der Waals surface area contributed by atoms with Crippen LogP contribution < -0.4 is 0 Å². The minimum absolute atomic E-state index is 0.101.